The Kier molecular flexibility index (Phi) is 6.06. The van der Waals surface area contributed by atoms with Gasteiger partial charge in [0.15, 0.2) is 11.5 Å². The lowest BCUT2D eigenvalue weighted by Gasteiger charge is -2.16. The van der Waals surface area contributed by atoms with Crippen LogP contribution < -0.4 is 14.9 Å². The number of hydrazone groups is 1. The van der Waals surface area contributed by atoms with E-state index in [2.05, 4.69) is 10.5 Å². The molecule has 0 radical (unpaired) electrons. The van der Waals surface area contributed by atoms with Gasteiger partial charge in [-0.2, -0.15) is 5.10 Å². The Morgan fingerprint density at radius 2 is 2.14 bits per heavy atom. The normalized spacial score (nSPS) is 15.0. The van der Waals surface area contributed by atoms with Gasteiger partial charge in [0.1, 0.15) is 0 Å². The topological polar surface area (TPSA) is 69.2 Å². The highest BCUT2D eigenvalue weighted by Gasteiger charge is 2.18. The number of benzene rings is 1. The third kappa shape index (κ3) is 4.65. The molecule has 0 bridgehead atoms. The summed E-state index contributed by atoms with van der Waals surface area (Å²) in [5.74, 6) is 1.40. The fourth-order valence-electron chi connectivity index (χ4n) is 2.37. The van der Waals surface area contributed by atoms with Crippen molar-refractivity contribution in [3.63, 3.8) is 0 Å². The third-order valence-electron chi connectivity index (χ3n) is 3.43. The lowest BCUT2D eigenvalue weighted by molar-refractivity contribution is 0.152. The van der Waals surface area contributed by atoms with Crippen LogP contribution in [0.3, 0.4) is 0 Å². The van der Waals surface area contributed by atoms with Gasteiger partial charge in [-0.15, -0.1) is 0 Å². The van der Waals surface area contributed by atoms with E-state index in [1.54, 1.807) is 14.0 Å². The number of nitrogens with zero attached hydrogens (tertiary/aromatic N) is 1. The number of methoxy groups -OCH3 is 1. The molecule has 1 aliphatic carbocycles. The van der Waals surface area contributed by atoms with Gasteiger partial charge in [-0.25, -0.2) is 10.2 Å². The first-order valence-corrected chi connectivity index (χ1v) is 7.53. The van der Waals surface area contributed by atoms with Crippen molar-refractivity contribution in [3.8, 4) is 11.5 Å². The number of amides is 1. The maximum atomic E-state index is 11.1. The smallest absolute Gasteiger partial charge is 0.427 e. The summed E-state index contributed by atoms with van der Waals surface area (Å²) in [5.41, 5.74) is 3.10. The van der Waals surface area contributed by atoms with Crippen LogP contribution >= 0.6 is 0 Å². The van der Waals surface area contributed by atoms with Crippen LogP contribution in [0.2, 0.25) is 0 Å². The highest BCUT2D eigenvalue weighted by molar-refractivity contribution is 5.82. The minimum atomic E-state index is -0.574. The molecule has 1 aliphatic rings. The van der Waals surface area contributed by atoms with Gasteiger partial charge in [0.25, 0.3) is 0 Å². The van der Waals surface area contributed by atoms with Crippen LogP contribution in [0.5, 0.6) is 11.5 Å². The van der Waals surface area contributed by atoms with Crippen LogP contribution in [0.4, 0.5) is 4.79 Å². The molecular formula is C16H22N2O4. The van der Waals surface area contributed by atoms with Crippen LogP contribution in [0.15, 0.2) is 23.3 Å². The van der Waals surface area contributed by atoms with E-state index in [0.717, 1.165) is 18.4 Å². The first kappa shape index (κ1) is 16.1. The monoisotopic (exact) mass is 306 g/mol. The average Bonchev–Trinajstić information content (AvgIpc) is 3.01. The summed E-state index contributed by atoms with van der Waals surface area (Å²) in [6.07, 6.45) is 5.78. The van der Waals surface area contributed by atoms with E-state index in [1.807, 2.05) is 18.2 Å². The molecule has 2 rings (SSSR count). The van der Waals surface area contributed by atoms with Crippen molar-refractivity contribution in [2.45, 2.75) is 38.7 Å². The number of hydrogen-bond donors (Lipinski definition) is 1. The van der Waals surface area contributed by atoms with E-state index in [9.17, 15) is 4.79 Å². The second-order valence-electron chi connectivity index (χ2n) is 5.03. The number of ether oxygens (including phenoxy) is 3. The highest BCUT2D eigenvalue weighted by atomic mass is 16.5. The summed E-state index contributed by atoms with van der Waals surface area (Å²) >= 11 is 0. The average molecular weight is 306 g/mol. The molecule has 1 fully saturated rings. The standard InChI is InChI=1S/C16H22N2O4/c1-3-21-16(19)18-17-11-12-8-9-14(20-2)15(10-12)22-13-6-4-5-7-13/h8-11,13H,3-7H2,1-2H3,(H,18,19)/b17-11+. The molecule has 22 heavy (non-hydrogen) atoms. The van der Waals surface area contributed by atoms with Crippen molar-refractivity contribution in [2.24, 2.45) is 5.10 Å². The molecule has 6 heteroatoms. The van der Waals surface area contributed by atoms with Crippen LogP contribution in [0.1, 0.15) is 38.2 Å². The lowest BCUT2D eigenvalue weighted by Crippen LogP contribution is -2.18. The minimum Gasteiger partial charge on any atom is -0.493 e. The first-order chi connectivity index (χ1) is 10.7. The highest BCUT2D eigenvalue weighted by Crippen LogP contribution is 2.32. The zero-order valence-corrected chi connectivity index (χ0v) is 13.0. The Morgan fingerprint density at radius 3 is 2.82 bits per heavy atom. The second kappa shape index (κ2) is 8.26. The van der Waals surface area contributed by atoms with Crippen LogP contribution in [-0.2, 0) is 4.74 Å². The third-order valence-corrected chi connectivity index (χ3v) is 3.43. The molecule has 1 amide bonds. The molecule has 0 spiro atoms. The Labute approximate surface area is 130 Å². The Bertz CT molecular complexity index is 525. The van der Waals surface area contributed by atoms with E-state index in [0.29, 0.717) is 18.1 Å². The second-order valence-corrected chi connectivity index (χ2v) is 5.03. The molecule has 0 atom stereocenters. The van der Waals surface area contributed by atoms with E-state index in [-0.39, 0.29) is 6.10 Å². The van der Waals surface area contributed by atoms with Crippen LogP contribution in [0, 0.1) is 0 Å². The molecule has 6 nitrogen and oxygen atoms in total. The van der Waals surface area contributed by atoms with E-state index < -0.39 is 6.09 Å². The van der Waals surface area contributed by atoms with E-state index in [1.165, 1.54) is 19.1 Å². The minimum absolute atomic E-state index is 0.249. The molecule has 0 saturated heterocycles. The van der Waals surface area contributed by atoms with Crippen molar-refractivity contribution in [2.75, 3.05) is 13.7 Å². The largest absolute Gasteiger partial charge is 0.493 e. The van der Waals surface area contributed by atoms with Gasteiger partial charge in [0.05, 0.1) is 26.0 Å². The molecule has 1 aromatic carbocycles. The fraction of sp³-hybridized carbons (Fsp3) is 0.500. The maximum Gasteiger partial charge on any atom is 0.427 e. The summed E-state index contributed by atoms with van der Waals surface area (Å²) < 4.78 is 16.1. The molecule has 1 aromatic rings. The predicted molar refractivity (Wildman–Crippen MR) is 83.6 cm³/mol. The lowest BCUT2D eigenvalue weighted by atomic mass is 10.2. The maximum absolute atomic E-state index is 11.1. The molecular weight excluding hydrogens is 284 g/mol. The molecule has 120 valence electrons. The van der Waals surface area contributed by atoms with Gasteiger partial charge < -0.3 is 14.2 Å². The summed E-state index contributed by atoms with van der Waals surface area (Å²) in [7, 11) is 1.62. The van der Waals surface area contributed by atoms with Gasteiger partial charge >= 0.3 is 6.09 Å². The fourth-order valence-corrected chi connectivity index (χ4v) is 2.37. The number of hydrogen-bond acceptors (Lipinski definition) is 5. The number of carbonyl (C=O) groups excluding carboxylic acids is 1. The van der Waals surface area contributed by atoms with Gasteiger partial charge in [-0.1, -0.05) is 0 Å². The number of carbonyl (C=O) groups is 1. The molecule has 1 N–H and O–H groups in total. The molecule has 0 aliphatic heterocycles. The zero-order chi connectivity index (χ0) is 15.8. The molecule has 1 saturated carbocycles. The summed E-state index contributed by atoms with van der Waals surface area (Å²) in [5, 5.41) is 3.84. The van der Waals surface area contributed by atoms with Crippen molar-refractivity contribution in [3.05, 3.63) is 23.8 Å². The molecule has 0 aromatic heterocycles. The van der Waals surface area contributed by atoms with Crippen molar-refractivity contribution >= 4 is 12.3 Å². The van der Waals surface area contributed by atoms with E-state index >= 15 is 0 Å². The summed E-state index contributed by atoms with van der Waals surface area (Å²) in [4.78, 5) is 11.1. The Hall–Kier alpha value is -2.24. The zero-order valence-electron chi connectivity index (χ0n) is 13.0. The van der Waals surface area contributed by atoms with Crippen molar-refractivity contribution in [1.29, 1.82) is 0 Å². The quantitative estimate of drug-likeness (QED) is 0.647. The van der Waals surface area contributed by atoms with Crippen molar-refractivity contribution in [1.82, 2.24) is 5.43 Å². The first-order valence-electron chi connectivity index (χ1n) is 7.53. The molecule has 0 heterocycles. The van der Waals surface area contributed by atoms with Crippen LogP contribution in [0.25, 0.3) is 0 Å². The summed E-state index contributed by atoms with van der Waals surface area (Å²) in [6.45, 7) is 2.04. The van der Waals surface area contributed by atoms with Crippen LogP contribution in [-0.4, -0.2) is 32.1 Å². The van der Waals surface area contributed by atoms with Gasteiger partial charge in [-0.05, 0) is 56.4 Å². The summed E-state index contributed by atoms with van der Waals surface area (Å²) in [6, 6.07) is 5.53. The molecule has 0 unspecified atom stereocenters. The number of nitrogens with one attached hydrogen (secondary N) is 1. The SMILES string of the molecule is CCOC(=O)N/N=C/c1ccc(OC)c(OC2CCCC2)c1. The van der Waals surface area contributed by atoms with E-state index in [4.69, 9.17) is 14.2 Å². The van der Waals surface area contributed by atoms with Gasteiger partial charge in [0.2, 0.25) is 0 Å². The van der Waals surface area contributed by atoms with Gasteiger partial charge in [-0.3, -0.25) is 0 Å². The van der Waals surface area contributed by atoms with Gasteiger partial charge in [0, 0.05) is 0 Å². The van der Waals surface area contributed by atoms with Crippen molar-refractivity contribution < 1.29 is 19.0 Å². The predicted octanol–water partition coefficient (Wildman–Crippen LogP) is 3.10. The Morgan fingerprint density at radius 1 is 1.36 bits per heavy atom. The number of rotatable bonds is 6. The Balaban J connectivity index is 2.02.